The van der Waals surface area contributed by atoms with Crippen LogP contribution in [0.3, 0.4) is 0 Å². The molecular weight excluding hydrogens is 288 g/mol. The Morgan fingerprint density at radius 2 is 1.83 bits per heavy atom. The van der Waals surface area contributed by atoms with Crippen molar-refractivity contribution < 1.29 is 14.3 Å². The molecule has 0 amide bonds. The molecule has 3 rings (SSSR count). The smallest absolute Gasteiger partial charge is 0.307 e. The van der Waals surface area contributed by atoms with Crippen LogP contribution in [-0.2, 0) is 14.3 Å². The van der Waals surface area contributed by atoms with Gasteiger partial charge in [0.25, 0.3) is 0 Å². The monoisotopic (exact) mass is 318 g/mol. The predicted molar refractivity (Wildman–Crippen MR) is 89.8 cm³/mol. The van der Waals surface area contributed by atoms with Gasteiger partial charge >= 0.3 is 5.97 Å². The van der Waals surface area contributed by atoms with E-state index in [1.165, 1.54) is 5.57 Å². The van der Waals surface area contributed by atoms with Crippen molar-refractivity contribution in [2.45, 2.75) is 78.7 Å². The highest BCUT2D eigenvalue weighted by atomic mass is 16.6. The summed E-state index contributed by atoms with van der Waals surface area (Å²) in [5, 5.41) is 0. The highest BCUT2D eigenvalue weighted by Crippen LogP contribution is 2.62. The van der Waals surface area contributed by atoms with Crippen molar-refractivity contribution in [3.05, 3.63) is 11.6 Å². The molecule has 0 radical (unpaired) electrons. The van der Waals surface area contributed by atoms with Gasteiger partial charge in [0.2, 0.25) is 0 Å². The molecule has 3 nitrogen and oxygen atoms in total. The van der Waals surface area contributed by atoms with Crippen LogP contribution in [-0.4, -0.2) is 17.4 Å². The van der Waals surface area contributed by atoms with E-state index in [1.807, 2.05) is 0 Å². The van der Waals surface area contributed by atoms with Crippen LogP contribution in [0, 0.1) is 22.7 Å². The molecule has 0 aromatic rings. The summed E-state index contributed by atoms with van der Waals surface area (Å²) >= 11 is 0. The van der Waals surface area contributed by atoms with Crippen molar-refractivity contribution in [1.29, 1.82) is 0 Å². The molecule has 0 N–H and O–H groups in total. The first-order valence-electron chi connectivity index (χ1n) is 9.09. The molecule has 1 spiro atoms. The van der Waals surface area contributed by atoms with Gasteiger partial charge in [-0.1, -0.05) is 46.6 Å². The van der Waals surface area contributed by atoms with Crippen LogP contribution in [0.5, 0.6) is 0 Å². The number of carbonyl (C=O) groups excluding carboxylic acids is 2. The predicted octanol–water partition coefficient (Wildman–Crippen LogP) is 4.45. The van der Waals surface area contributed by atoms with E-state index in [-0.39, 0.29) is 28.5 Å². The second kappa shape index (κ2) is 5.19. The van der Waals surface area contributed by atoms with Crippen molar-refractivity contribution in [3.63, 3.8) is 0 Å². The van der Waals surface area contributed by atoms with Crippen LogP contribution in [0.25, 0.3) is 0 Å². The summed E-state index contributed by atoms with van der Waals surface area (Å²) < 4.78 is 5.89. The zero-order valence-corrected chi connectivity index (χ0v) is 15.2. The number of carbonyl (C=O) groups is 2. The molecule has 1 aliphatic heterocycles. The first-order chi connectivity index (χ1) is 10.6. The second-order valence-corrected chi connectivity index (χ2v) is 9.06. The van der Waals surface area contributed by atoms with Crippen molar-refractivity contribution in [1.82, 2.24) is 0 Å². The molecule has 1 saturated carbocycles. The van der Waals surface area contributed by atoms with E-state index in [1.54, 1.807) is 6.08 Å². The molecule has 3 aliphatic rings. The van der Waals surface area contributed by atoms with Crippen molar-refractivity contribution in [3.8, 4) is 0 Å². The zero-order valence-electron chi connectivity index (χ0n) is 15.2. The topological polar surface area (TPSA) is 43.4 Å². The van der Waals surface area contributed by atoms with Crippen LogP contribution in [0.1, 0.15) is 73.1 Å². The minimum absolute atomic E-state index is 0.0331. The summed E-state index contributed by atoms with van der Waals surface area (Å²) in [6, 6.07) is 0. The lowest BCUT2D eigenvalue weighted by molar-refractivity contribution is -0.224. The largest absolute Gasteiger partial charge is 0.450 e. The lowest BCUT2D eigenvalue weighted by Gasteiger charge is -2.61. The number of ether oxygens (including phenoxy) is 1. The molecule has 0 aromatic heterocycles. The molecule has 2 fully saturated rings. The minimum atomic E-state index is -0.927. The molecule has 1 saturated heterocycles. The number of allylic oxidation sites excluding steroid dienone is 1. The van der Waals surface area contributed by atoms with Gasteiger partial charge in [0, 0.05) is 11.8 Å². The van der Waals surface area contributed by atoms with Gasteiger partial charge in [-0.15, -0.1) is 0 Å². The van der Waals surface area contributed by atoms with Gasteiger partial charge in [0.15, 0.2) is 11.4 Å². The van der Waals surface area contributed by atoms with E-state index < -0.39 is 5.60 Å². The number of hydrogen-bond acceptors (Lipinski definition) is 3. The molecule has 128 valence electrons. The Kier molecular flexibility index (Phi) is 3.77. The van der Waals surface area contributed by atoms with Gasteiger partial charge in [-0.25, -0.2) is 0 Å². The zero-order chi connectivity index (χ0) is 17.0. The fraction of sp³-hybridized carbons (Fsp3) is 0.800. The molecule has 3 atom stereocenters. The van der Waals surface area contributed by atoms with E-state index in [0.717, 1.165) is 25.7 Å². The Morgan fingerprint density at radius 1 is 1.13 bits per heavy atom. The van der Waals surface area contributed by atoms with Crippen LogP contribution >= 0.6 is 0 Å². The molecule has 2 aliphatic carbocycles. The number of hydrogen-bond donors (Lipinski definition) is 0. The third-order valence-electron chi connectivity index (χ3n) is 7.03. The standard InChI is InChI=1S/C20H30O3/c1-13(2)14-7-10-20(16(21)11-14)19(5)9-6-8-18(3,4)15(19)12-17(22)23-20/h11,13,15H,6-10,12H2,1-5H3/t15-,19-,20-/m1/s1. The normalized spacial score (nSPS) is 39.9. The van der Waals surface area contributed by atoms with E-state index >= 15 is 0 Å². The maximum Gasteiger partial charge on any atom is 0.307 e. The van der Waals surface area contributed by atoms with Crippen molar-refractivity contribution in [2.24, 2.45) is 22.7 Å². The Morgan fingerprint density at radius 3 is 2.43 bits per heavy atom. The molecule has 0 unspecified atom stereocenters. The van der Waals surface area contributed by atoms with Crippen LogP contribution in [0.2, 0.25) is 0 Å². The first-order valence-corrected chi connectivity index (χ1v) is 9.09. The van der Waals surface area contributed by atoms with Gasteiger partial charge in [-0.2, -0.15) is 0 Å². The quantitative estimate of drug-likeness (QED) is 0.671. The van der Waals surface area contributed by atoms with Gasteiger partial charge in [0.1, 0.15) is 0 Å². The number of rotatable bonds is 1. The lowest BCUT2D eigenvalue weighted by atomic mass is 9.47. The minimum Gasteiger partial charge on any atom is -0.450 e. The summed E-state index contributed by atoms with van der Waals surface area (Å²) in [5.74, 6) is 0.452. The Balaban J connectivity index is 2.07. The number of ketones is 1. The van der Waals surface area contributed by atoms with Crippen LogP contribution in [0.4, 0.5) is 0 Å². The number of esters is 1. The fourth-order valence-electron chi connectivity index (χ4n) is 5.55. The van der Waals surface area contributed by atoms with E-state index in [2.05, 4.69) is 34.6 Å². The van der Waals surface area contributed by atoms with E-state index in [9.17, 15) is 9.59 Å². The van der Waals surface area contributed by atoms with Crippen molar-refractivity contribution >= 4 is 11.8 Å². The number of fused-ring (bicyclic) bond motifs is 2. The average molecular weight is 318 g/mol. The average Bonchev–Trinajstić information content (AvgIpc) is 2.44. The van der Waals surface area contributed by atoms with E-state index in [0.29, 0.717) is 18.8 Å². The molecule has 0 aromatic carbocycles. The highest BCUT2D eigenvalue weighted by Gasteiger charge is 2.66. The van der Waals surface area contributed by atoms with E-state index in [4.69, 9.17) is 4.74 Å². The highest BCUT2D eigenvalue weighted by molar-refractivity contribution is 6.01. The van der Waals surface area contributed by atoms with Crippen LogP contribution < -0.4 is 0 Å². The third-order valence-corrected chi connectivity index (χ3v) is 7.03. The van der Waals surface area contributed by atoms with Gasteiger partial charge in [-0.05, 0) is 49.0 Å². The maximum absolute atomic E-state index is 13.1. The van der Waals surface area contributed by atoms with Gasteiger partial charge in [0.05, 0.1) is 0 Å². The fourth-order valence-corrected chi connectivity index (χ4v) is 5.55. The summed E-state index contributed by atoms with van der Waals surface area (Å²) in [4.78, 5) is 25.5. The Labute approximate surface area is 139 Å². The Hall–Kier alpha value is -1.12. The molecule has 0 bridgehead atoms. The van der Waals surface area contributed by atoms with Gasteiger partial charge < -0.3 is 4.74 Å². The summed E-state index contributed by atoms with van der Waals surface area (Å²) in [7, 11) is 0. The molecule has 23 heavy (non-hydrogen) atoms. The molecular formula is C20H30O3. The molecule has 1 heterocycles. The third kappa shape index (κ3) is 2.30. The summed E-state index contributed by atoms with van der Waals surface area (Å²) in [6.07, 6.45) is 6.97. The lowest BCUT2D eigenvalue weighted by Crippen LogP contribution is -2.66. The van der Waals surface area contributed by atoms with Crippen molar-refractivity contribution in [2.75, 3.05) is 0 Å². The maximum atomic E-state index is 13.1. The Bertz CT molecular complexity index is 571. The summed E-state index contributed by atoms with van der Waals surface area (Å²) in [5.41, 5.74) is 0.112. The second-order valence-electron chi connectivity index (χ2n) is 9.06. The first kappa shape index (κ1) is 16.7. The summed E-state index contributed by atoms with van der Waals surface area (Å²) in [6.45, 7) is 11.0. The van der Waals surface area contributed by atoms with Crippen LogP contribution in [0.15, 0.2) is 11.6 Å². The SMILES string of the molecule is CC(C)C1=CC(=O)[C@@]2(CC1)OC(=O)C[C@@H]1C(C)(C)CCC[C@]12C. The van der Waals surface area contributed by atoms with Gasteiger partial charge in [-0.3, -0.25) is 9.59 Å². The molecule has 3 heteroatoms.